The Hall–Kier alpha value is -1.59. The molecule has 0 atom stereocenters. The third kappa shape index (κ3) is 7.80. The van der Waals surface area contributed by atoms with Crippen molar-refractivity contribution in [2.75, 3.05) is 18.2 Å². The molecule has 0 unspecified atom stereocenters. The lowest BCUT2D eigenvalue weighted by Crippen LogP contribution is -2.34. The van der Waals surface area contributed by atoms with E-state index in [-0.39, 0.29) is 22.0 Å². The van der Waals surface area contributed by atoms with E-state index in [1.165, 1.54) is 56.7 Å². The van der Waals surface area contributed by atoms with Crippen molar-refractivity contribution in [1.82, 2.24) is 5.32 Å². The van der Waals surface area contributed by atoms with Gasteiger partial charge in [0.05, 0.1) is 4.91 Å². The predicted octanol–water partition coefficient (Wildman–Crippen LogP) is 6.33. The van der Waals surface area contributed by atoms with Crippen molar-refractivity contribution in [2.24, 2.45) is 0 Å². The highest BCUT2D eigenvalue weighted by Crippen LogP contribution is 2.33. The molecule has 0 heterocycles. The van der Waals surface area contributed by atoms with Gasteiger partial charge in [-0.05, 0) is 6.42 Å². The van der Waals surface area contributed by atoms with E-state index >= 15 is 0 Å². The molecule has 1 aliphatic rings. The van der Waals surface area contributed by atoms with Crippen LogP contribution >= 0.6 is 23.4 Å². The number of ketones is 2. The number of thioether (sulfide) groups is 1. The summed E-state index contributed by atoms with van der Waals surface area (Å²) in [5.41, 5.74) is 0.619. The zero-order valence-electron chi connectivity index (χ0n) is 18.5. The molecule has 0 saturated heterocycles. The van der Waals surface area contributed by atoms with Gasteiger partial charge in [-0.15, -0.1) is 23.4 Å². The number of amides is 1. The lowest BCUT2D eigenvalue weighted by atomic mass is 9.89. The second kappa shape index (κ2) is 14.5. The van der Waals surface area contributed by atoms with Gasteiger partial charge in [-0.3, -0.25) is 14.4 Å². The Labute approximate surface area is 195 Å². The number of unbranched alkanes of at least 4 members (excludes halogenated alkanes) is 9. The fourth-order valence-electron chi connectivity index (χ4n) is 3.74. The summed E-state index contributed by atoms with van der Waals surface area (Å²) in [6, 6.07) is 6.67. The van der Waals surface area contributed by atoms with Crippen LogP contribution in [0.15, 0.2) is 34.7 Å². The van der Waals surface area contributed by atoms with Gasteiger partial charge in [0, 0.05) is 29.3 Å². The lowest BCUT2D eigenvalue weighted by Gasteiger charge is -2.20. The second-order valence-electron chi connectivity index (χ2n) is 7.88. The van der Waals surface area contributed by atoms with Crippen LogP contribution in [0.1, 0.15) is 91.8 Å². The Bertz CT molecular complexity index is 791. The maximum Gasteiger partial charge on any atom is 0.256 e. The Morgan fingerprint density at radius 1 is 0.871 bits per heavy atom. The van der Waals surface area contributed by atoms with Gasteiger partial charge in [0.25, 0.3) is 5.91 Å². The van der Waals surface area contributed by atoms with Gasteiger partial charge >= 0.3 is 0 Å². The highest BCUT2D eigenvalue weighted by Gasteiger charge is 2.35. The van der Waals surface area contributed by atoms with Gasteiger partial charge in [-0.25, -0.2) is 0 Å². The molecule has 170 valence electrons. The molecule has 0 aliphatic heterocycles. The van der Waals surface area contributed by atoms with Crippen molar-refractivity contribution >= 4 is 40.8 Å². The van der Waals surface area contributed by atoms with E-state index in [1.54, 1.807) is 24.3 Å². The van der Waals surface area contributed by atoms with Gasteiger partial charge in [0.1, 0.15) is 5.57 Å². The summed E-state index contributed by atoms with van der Waals surface area (Å²) in [6.07, 6.45) is 12.2. The number of carbonyl (C=O) groups excluding carboxylic acids is 3. The number of rotatable bonds is 15. The molecule has 0 aromatic heterocycles. The van der Waals surface area contributed by atoms with E-state index in [9.17, 15) is 14.4 Å². The zero-order chi connectivity index (χ0) is 22.5. The first kappa shape index (κ1) is 25.7. The topological polar surface area (TPSA) is 63.2 Å². The van der Waals surface area contributed by atoms with Crippen LogP contribution in [0.3, 0.4) is 0 Å². The SMILES string of the molecule is CCCCCCCCCCCCNC(=O)C1=C(SCCCl)C(=O)c2ccccc2C1=O. The van der Waals surface area contributed by atoms with Gasteiger partial charge in [0.2, 0.25) is 11.6 Å². The van der Waals surface area contributed by atoms with Crippen LogP contribution in [0.4, 0.5) is 0 Å². The van der Waals surface area contributed by atoms with Gasteiger partial charge in [0.15, 0.2) is 0 Å². The number of benzene rings is 1. The van der Waals surface area contributed by atoms with Crippen LogP contribution in [0.2, 0.25) is 0 Å². The first-order valence-electron chi connectivity index (χ1n) is 11.5. The molecule has 4 nitrogen and oxygen atoms in total. The average Bonchev–Trinajstić information content (AvgIpc) is 2.78. The van der Waals surface area contributed by atoms with Crippen LogP contribution in [0.5, 0.6) is 0 Å². The number of fused-ring (bicyclic) bond motifs is 1. The number of carbonyl (C=O) groups is 3. The molecule has 0 bridgehead atoms. The van der Waals surface area contributed by atoms with Crippen molar-refractivity contribution < 1.29 is 14.4 Å². The molecule has 6 heteroatoms. The molecule has 0 saturated carbocycles. The number of hydrogen-bond donors (Lipinski definition) is 1. The molecule has 1 N–H and O–H groups in total. The smallest absolute Gasteiger partial charge is 0.256 e. The van der Waals surface area contributed by atoms with E-state index in [2.05, 4.69) is 12.2 Å². The van der Waals surface area contributed by atoms with Crippen LogP contribution in [-0.2, 0) is 4.79 Å². The zero-order valence-corrected chi connectivity index (χ0v) is 20.1. The highest BCUT2D eigenvalue weighted by atomic mass is 35.5. The van der Waals surface area contributed by atoms with E-state index in [4.69, 9.17) is 11.6 Å². The summed E-state index contributed by atoms with van der Waals surface area (Å²) in [5.74, 6) is -0.305. The van der Waals surface area contributed by atoms with Crippen molar-refractivity contribution in [2.45, 2.75) is 71.1 Å². The molecule has 0 radical (unpaired) electrons. The summed E-state index contributed by atoms with van der Waals surface area (Å²) >= 11 is 6.96. The molecule has 1 aromatic rings. The van der Waals surface area contributed by atoms with Crippen molar-refractivity contribution in [3.05, 3.63) is 45.9 Å². The minimum Gasteiger partial charge on any atom is -0.352 e. The first-order chi connectivity index (χ1) is 15.1. The molecule has 0 spiro atoms. The fourth-order valence-corrected chi connectivity index (χ4v) is 4.82. The minimum atomic E-state index is -0.458. The molecule has 1 aliphatic carbocycles. The van der Waals surface area contributed by atoms with Crippen LogP contribution in [0.25, 0.3) is 0 Å². The number of hydrogen-bond acceptors (Lipinski definition) is 4. The number of halogens is 1. The monoisotopic (exact) mass is 463 g/mol. The number of nitrogens with one attached hydrogen (secondary N) is 1. The molecule has 1 aromatic carbocycles. The maximum absolute atomic E-state index is 13.0. The molecular weight excluding hydrogens is 430 g/mol. The lowest BCUT2D eigenvalue weighted by molar-refractivity contribution is -0.117. The normalized spacial score (nSPS) is 13.5. The van der Waals surface area contributed by atoms with E-state index in [1.807, 2.05) is 0 Å². The Morgan fingerprint density at radius 3 is 2.00 bits per heavy atom. The van der Waals surface area contributed by atoms with Crippen LogP contribution in [0, 0.1) is 0 Å². The van der Waals surface area contributed by atoms with Crippen molar-refractivity contribution in [1.29, 1.82) is 0 Å². The molecular formula is C25H34ClNO3S. The Kier molecular flexibility index (Phi) is 12.0. The first-order valence-corrected chi connectivity index (χ1v) is 13.0. The third-order valence-electron chi connectivity index (χ3n) is 5.44. The predicted molar refractivity (Wildman–Crippen MR) is 130 cm³/mol. The number of allylic oxidation sites excluding steroid dienone is 1. The highest BCUT2D eigenvalue weighted by molar-refractivity contribution is 8.04. The number of alkyl halides is 1. The quantitative estimate of drug-likeness (QED) is 0.187. The van der Waals surface area contributed by atoms with Crippen molar-refractivity contribution in [3.8, 4) is 0 Å². The average molecular weight is 464 g/mol. The van der Waals surface area contributed by atoms with E-state index in [0.29, 0.717) is 29.3 Å². The molecule has 31 heavy (non-hydrogen) atoms. The molecule has 0 fully saturated rings. The summed E-state index contributed by atoms with van der Waals surface area (Å²) in [5, 5.41) is 2.85. The number of Topliss-reactive ketones (excluding diaryl/α,β-unsaturated/α-hetero) is 2. The summed E-state index contributed by atoms with van der Waals surface area (Å²) in [7, 11) is 0. The van der Waals surface area contributed by atoms with E-state index < -0.39 is 5.91 Å². The maximum atomic E-state index is 13.0. The molecule has 2 rings (SSSR count). The Balaban J connectivity index is 1.83. The van der Waals surface area contributed by atoms with Crippen molar-refractivity contribution in [3.63, 3.8) is 0 Å². The second-order valence-corrected chi connectivity index (χ2v) is 9.37. The summed E-state index contributed by atoms with van der Waals surface area (Å²) < 4.78 is 0. The Morgan fingerprint density at radius 2 is 1.42 bits per heavy atom. The summed E-state index contributed by atoms with van der Waals surface area (Å²) in [6.45, 7) is 2.74. The minimum absolute atomic E-state index is 0.0362. The van der Waals surface area contributed by atoms with Gasteiger partial charge in [-0.1, -0.05) is 89.0 Å². The fraction of sp³-hybridized carbons (Fsp3) is 0.560. The molecule has 1 amide bonds. The van der Waals surface area contributed by atoms with Gasteiger partial charge < -0.3 is 5.32 Å². The van der Waals surface area contributed by atoms with Gasteiger partial charge in [-0.2, -0.15) is 0 Å². The largest absolute Gasteiger partial charge is 0.352 e. The third-order valence-corrected chi connectivity index (χ3v) is 6.94. The van der Waals surface area contributed by atoms with E-state index in [0.717, 1.165) is 19.3 Å². The summed E-state index contributed by atoms with van der Waals surface area (Å²) in [4.78, 5) is 38.9. The van der Waals surface area contributed by atoms with Crippen LogP contribution in [-0.4, -0.2) is 35.7 Å². The standard InChI is InChI=1S/C25H34ClNO3S/c1-2-3-4-5-6-7-8-9-10-13-17-27-25(30)21-22(28)19-14-11-12-15-20(19)23(29)24(21)31-18-16-26/h11-12,14-15H,2-10,13,16-18H2,1H3,(H,27,30). The van der Waals surface area contributed by atoms with Crippen LogP contribution < -0.4 is 5.32 Å².